The van der Waals surface area contributed by atoms with Crippen LogP contribution >= 0.6 is 0 Å². The first-order chi connectivity index (χ1) is 16.7. The molecule has 0 aliphatic carbocycles. The maximum Gasteiger partial charge on any atom is 0.416 e. The van der Waals surface area contributed by atoms with Crippen LogP contribution in [-0.2, 0) is 11.0 Å². The SMILES string of the molecule is Cc1cccc(C)c1C(=O)N1CCC[C@H](C(=O)Nc2cccc(C(F)(F)F)c2)C1c1ccccc1. The number of piperidine rings is 1. The van der Waals surface area contributed by atoms with Crippen molar-refractivity contribution in [2.45, 2.75) is 38.9 Å². The summed E-state index contributed by atoms with van der Waals surface area (Å²) in [6, 6.07) is 19.1. The van der Waals surface area contributed by atoms with E-state index in [0.29, 0.717) is 24.9 Å². The lowest BCUT2D eigenvalue weighted by molar-refractivity contribution is -0.137. The fourth-order valence-electron chi connectivity index (χ4n) is 4.86. The van der Waals surface area contributed by atoms with Gasteiger partial charge in [0.25, 0.3) is 5.91 Å². The third-order valence-electron chi connectivity index (χ3n) is 6.52. The molecule has 2 atom stereocenters. The van der Waals surface area contributed by atoms with E-state index in [2.05, 4.69) is 5.32 Å². The minimum absolute atomic E-state index is 0.0786. The molecule has 4 rings (SSSR count). The quantitative estimate of drug-likeness (QED) is 0.460. The predicted octanol–water partition coefficient (Wildman–Crippen LogP) is 6.55. The number of anilines is 1. The van der Waals surface area contributed by atoms with Crippen LogP contribution in [-0.4, -0.2) is 23.3 Å². The molecule has 0 bridgehead atoms. The number of rotatable bonds is 4. The molecule has 7 heteroatoms. The first-order valence-corrected chi connectivity index (χ1v) is 11.6. The van der Waals surface area contributed by atoms with E-state index in [0.717, 1.165) is 28.8 Å². The number of nitrogens with zero attached hydrogens (tertiary/aromatic N) is 1. The molecule has 0 saturated carbocycles. The van der Waals surface area contributed by atoms with Crippen molar-refractivity contribution in [3.8, 4) is 0 Å². The van der Waals surface area contributed by atoms with E-state index in [1.165, 1.54) is 12.1 Å². The summed E-state index contributed by atoms with van der Waals surface area (Å²) >= 11 is 0. The van der Waals surface area contributed by atoms with E-state index in [1.807, 2.05) is 62.4 Å². The Labute approximate surface area is 202 Å². The van der Waals surface area contributed by atoms with Crippen LogP contribution in [0.25, 0.3) is 0 Å². The molecule has 0 aromatic heterocycles. The van der Waals surface area contributed by atoms with Gasteiger partial charge in [0.05, 0.1) is 17.5 Å². The van der Waals surface area contributed by atoms with Gasteiger partial charge in [0.15, 0.2) is 0 Å². The largest absolute Gasteiger partial charge is 0.416 e. The summed E-state index contributed by atoms with van der Waals surface area (Å²) in [4.78, 5) is 28.9. The van der Waals surface area contributed by atoms with E-state index < -0.39 is 29.6 Å². The summed E-state index contributed by atoms with van der Waals surface area (Å²) in [5.41, 5.74) is 2.40. The molecule has 1 aliphatic rings. The molecule has 1 fully saturated rings. The van der Waals surface area contributed by atoms with Gasteiger partial charge in [-0.25, -0.2) is 0 Å². The van der Waals surface area contributed by atoms with Gasteiger partial charge in [-0.05, 0) is 61.6 Å². The van der Waals surface area contributed by atoms with Gasteiger partial charge < -0.3 is 10.2 Å². The van der Waals surface area contributed by atoms with Crippen LogP contribution < -0.4 is 5.32 Å². The summed E-state index contributed by atoms with van der Waals surface area (Å²) in [6.45, 7) is 4.26. The maximum atomic E-state index is 13.8. The lowest BCUT2D eigenvalue weighted by atomic mass is 9.83. The van der Waals surface area contributed by atoms with E-state index in [9.17, 15) is 22.8 Å². The fraction of sp³-hybridized carbons (Fsp3) is 0.286. The number of carbonyl (C=O) groups is 2. The van der Waals surface area contributed by atoms with E-state index in [-0.39, 0.29) is 11.6 Å². The molecule has 3 aromatic rings. The molecule has 0 radical (unpaired) electrons. The molecule has 3 aromatic carbocycles. The average Bonchev–Trinajstić information content (AvgIpc) is 2.83. The zero-order chi connectivity index (χ0) is 25.2. The minimum atomic E-state index is -4.51. The molecule has 1 heterocycles. The Morgan fingerprint density at radius 1 is 0.914 bits per heavy atom. The zero-order valence-electron chi connectivity index (χ0n) is 19.6. The summed E-state index contributed by atoms with van der Waals surface area (Å²) in [7, 11) is 0. The monoisotopic (exact) mass is 480 g/mol. The number of halogens is 3. The standard InChI is InChI=1S/C28H27F3N2O2/c1-18-9-6-10-19(2)24(18)27(35)33-16-8-15-23(25(33)20-11-4-3-5-12-20)26(34)32-22-14-7-13-21(17-22)28(29,30)31/h3-7,9-14,17,23,25H,8,15-16H2,1-2H3,(H,32,34)/t23-,25?/m0/s1. The summed E-state index contributed by atoms with van der Waals surface area (Å²) in [6.07, 6.45) is -3.38. The molecular weight excluding hydrogens is 453 g/mol. The normalized spacial score (nSPS) is 18.3. The van der Waals surface area contributed by atoms with Crippen LogP contribution in [0.2, 0.25) is 0 Å². The number of benzene rings is 3. The Morgan fingerprint density at radius 2 is 1.57 bits per heavy atom. The smallest absolute Gasteiger partial charge is 0.331 e. The van der Waals surface area contributed by atoms with Crippen molar-refractivity contribution in [3.63, 3.8) is 0 Å². The van der Waals surface area contributed by atoms with Crippen LogP contribution in [0.1, 0.15) is 51.5 Å². The maximum absolute atomic E-state index is 13.8. The molecule has 1 N–H and O–H groups in total. The number of aryl methyl sites for hydroxylation is 2. The van der Waals surface area contributed by atoms with Crippen molar-refractivity contribution in [3.05, 3.63) is 101 Å². The number of nitrogens with one attached hydrogen (secondary N) is 1. The van der Waals surface area contributed by atoms with Crippen LogP contribution in [0, 0.1) is 19.8 Å². The Kier molecular flexibility index (Phi) is 6.96. The highest BCUT2D eigenvalue weighted by molar-refractivity contribution is 5.99. The lowest BCUT2D eigenvalue weighted by Gasteiger charge is -2.41. The van der Waals surface area contributed by atoms with Gasteiger partial charge in [0.1, 0.15) is 0 Å². The highest BCUT2D eigenvalue weighted by Crippen LogP contribution is 2.39. The Hall–Kier alpha value is -3.61. The molecule has 4 nitrogen and oxygen atoms in total. The van der Waals surface area contributed by atoms with Gasteiger partial charge >= 0.3 is 6.18 Å². The van der Waals surface area contributed by atoms with Crippen molar-refractivity contribution in [2.75, 3.05) is 11.9 Å². The minimum Gasteiger partial charge on any atom is -0.331 e. The third kappa shape index (κ3) is 5.24. The summed E-state index contributed by atoms with van der Waals surface area (Å²) in [5, 5.41) is 2.67. The molecule has 0 spiro atoms. The predicted molar refractivity (Wildman–Crippen MR) is 129 cm³/mol. The molecular formula is C28H27F3N2O2. The zero-order valence-corrected chi connectivity index (χ0v) is 19.6. The van der Waals surface area contributed by atoms with Gasteiger partial charge in [-0.3, -0.25) is 9.59 Å². The van der Waals surface area contributed by atoms with Crippen LogP contribution in [0.4, 0.5) is 18.9 Å². The van der Waals surface area contributed by atoms with E-state index in [4.69, 9.17) is 0 Å². The van der Waals surface area contributed by atoms with Crippen molar-refractivity contribution in [1.29, 1.82) is 0 Å². The number of amides is 2. The van der Waals surface area contributed by atoms with Gasteiger partial charge in [-0.15, -0.1) is 0 Å². The molecule has 35 heavy (non-hydrogen) atoms. The molecule has 2 amide bonds. The van der Waals surface area contributed by atoms with Crippen LogP contribution in [0.5, 0.6) is 0 Å². The molecule has 1 aliphatic heterocycles. The average molecular weight is 481 g/mol. The second-order valence-corrected chi connectivity index (χ2v) is 8.94. The highest BCUT2D eigenvalue weighted by atomic mass is 19.4. The van der Waals surface area contributed by atoms with Gasteiger partial charge in [-0.1, -0.05) is 54.6 Å². The van der Waals surface area contributed by atoms with E-state index in [1.54, 1.807) is 4.90 Å². The first-order valence-electron chi connectivity index (χ1n) is 11.6. The van der Waals surface area contributed by atoms with Crippen molar-refractivity contribution in [1.82, 2.24) is 4.90 Å². The topological polar surface area (TPSA) is 49.4 Å². The Morgan fingerprint density at radius 3 is 2.23 bits per heavy atom. The number of carbonyl (C=O) groups excluding carboxylic acids is 2. The van der Waals surface area contributed by atoms with Gasteiger partial charge in [0.2, 0.25) is 5.91 Å². The molecule has 1 saturated heterocycles. The summed E-state index contributed by atoms with van der Waals surface area (Å²) in [5.74, 6) is -1.17. The lowest BCUT2D eigenvalue weighted by Crippen LogP contribution is -2.46. The number of likely N-dealkylation sites (tertiary alicyclic amines) is 1. The number of alkyl halides is 3. The highest BCUT2D eigenvalue weighted by Gasteiger charge is 2.40. The van der Waals surface area contributed by atoms with Crippen LogP contribution in [0.15, 0.2) is 72.8 Å². The second kappa shape index (κ2) is 9.94. The number of hydrogen-bond donors (Lipinski definition) is 1. The Bertz CT molecular complexity index is 1200. The van der Waals surface area contributed by atoms with Gasteiger partial charge in [-0.2, -0.15) is 13.2 Å². The fourth-order valence-corrected chi connectivity index (χ4v) is 4.86. The summed E-state index contributed by atoms with van der Waals surface area (Å²) < 4.78 is 39.5. The van der Waals surface area contributed by atoms with E-state index >= 15 is 0 Å². The van der Waals surface area contributed by atoms with Crippen LogP contribution in [0.3, 0.4) is 0 Å². The third-order valence-corrected chi connectivity index (χ3v) is 6.52. The Balaban J connectivity index is 1.68. The van der Waals surface area contributed by atoms with Crippen molar-refractivity contribution < 1.29 is 22.8 Å². The molecule has 1 unspecified atom stereocenters. The number of hydrogen-bond acceptors (Lipinski definition) is 2. The van der Waals surface area contributed by atoms with Crippen molar-refractivity contribution >= 4 is 17.5 Å². The van der Waals surface area contributed by atoms with Gasteiger partial charge in [0, 0.05) is 17.8 Å². The van der Waals surface area contributed by atoms with Crippen molar-refractivity contribution in [2.24, 2.45) is 5.92 Å². The molecule has 182 valence electrons. The first kappa shape index (κ1) is 24.5. The second-order valence-electron chi connectivity index (χ2n) is 8.94.